The zero-order chi connectivity index (χ0) is 14.5. The van der Waals surface area contributed by atoms with Crippen molar-refractivity contribution in [3.63, 3.8) is 0 Å². The molecule has 108 valence electrons. The third kappa shape index (κ3) is 6.98. The third-order valence-electron chi connectivity index (χ3n) is 3.34. The normalized spacial score (nSPS) is 13.8. The van der Waals surface area contributed by atoms with Gasteiger partial charge in [0.1, 0.15) is 0 Å². The Morgan fingerprint density at radius 3 is 2.42 bits per heavy atom. The van der Waals surface area contributed by atoms with E-state index in [9.17, 15) is 0 Å². The van der Waals surface area contributed by atoms with Crippen LogP contribution in [0.3, 0.4) is 0 Å². The number of hydrogen-bond donors (Lipinski definition) is 1. The van der Waals surface area contributed by atoms with Crippen molar-refractivity contribution < 1.29 is 0 Å². The molecule has 1 N–H and O–H groups in total. The van der Waals surface area contributed by atoms with Crippen LogP contribution < -0.4 is 5.32 Å². The van der Waals surface area contributed by atoms with Gasteiger partial charge in [0.2, 0.25) is 0 Å². The summed E-state index contributed by atoms with van der Waals surface area (Å²) in [5, 5.41) is 4.39. The van der Waals surface area contributed by atoms with Crippen molar-refractivity contribution in [1.29, 1.82) is 0 Å². The van der Waals surface area contributed by atoms with Crippen molar-refractivity contribution in [2.75, 3.05) is 6.54 Å². The fourth-order valence-corrected chi connectivity index (χ4v) is 2.33. The van der Waals surface area contributed by atoms with E-state index in [0.29, 0.717) is 17.4 Å². The van der Waals surface area contributed by atoms with E-state index >= 15 is 0 Å². The predicted octanol–water partition coefficient (Wildman–Crippen LogP) is 5.25. The molecule has 0 aromatic heterocycles. The van der Waals surface area contributed by atoms with Gasteiger partial charge in [0.25, 0.3) is 0 Å². The largest absolute Gasteiger partial charge is 0.314 e. The second-order valence-corrected chi connectivity index (χ2v) is 7.35. The van der Waals surface area contributed by atoms with Gasteiger partial charge in [0.15, 0.2) is 0 Å². The smallest absolute Gasteiger partial charge is 0.0408 e. The Kier molecular flexibility index (Phi) is 6.35. The first-order valence-electron chi connectivity index (χ1n) is 7.27. The third-order valence-corrected chi connectivity index (χ3v) is 3.57. The summed E-state index contributed by atoms with van der Waals surface area (Å²) >= 11 is 6.12. The van der Waals surface area contributed by atoms with Gasteiger partial charge in [-0.25, -0.2) is 0 Å². The Bertz CT molecular complexity index is 379. The maximum atomic E-state index is 6.12. The number of benzene rings is 1. The lowest BCUT2D eigenvalue weighted by molar-refractivity contribution is 0.342. The van der Waals surface area contributed by atoms with Crippen LogP contribution in [0, 0.1) is 5.41 Å². The lowest BCUT2D eigenvalue weighted by atomic mass is 9.84. The molecule has 1 aromatic carbocycles. The first-order valence-corrected chi connectivity index (χ1v) is 7.64. The van der Waals surface area contributed by atoms with E-state index in [1.807, 2.05) is 6.07 Å². The average Bonchev–Trinajstić information content (AvgIpc) is 2.27. The minimum absolute atomic E-state index is 0.384. The molecule has 1 aromatic rings. The summed E-state index contributed by atoms with van der Waals surface area (Å²) in [4.78, 5) is 0. The number of nitrogens with one attached hydrogen (secondary N) is 1. The van der Waals surface area contributed by atoms with Gasteiger partial charge in [-0.05, 0) is 41.9 Å². The number of halogens is 1. The molecule has 0 bridgehead atoms. The minimum atomic E-state index is 0.384. The van der Waals surface area contributed by atoms with Gasteiger partial charge in [0.05, 0.1) is 0 Å². The van der Waals surface area contributed by atoms with Crippen LogP contribution in [0.2, 0.25) is 5.02 Å². The molecule has 0 heterocycles. The molecule has 1 rings (SSSR count). The van der Waals surface area contributed by atoms with Crippen LogP contribution in [0.4, 0.5) is 0 Å². The van der Waals surface area contributed by atoms with Gasteiger partial charge in [-0.2, -0.15) is 0 Å². The van der Waals surface area contributed by atoms with Gasteiger partial charge in [-0.15, -0.1) is 0 Å². The molecule has 19 heavy (non-hydrogen) atoms. The molecule has 0 spiro atoms. The highest BCUT2D eigenvalue weighted by atomic mass is 35.5. The molecule has 1 atom stereocenters. The standard InChI is InChI=1S/C17H28ClN/c1-13(2)19-12-15(9-10-17(3,4)5)14-7-6-8-16(18)11-14/h6-8,11,13,15,19H,9-10,12H2,1-5H3. The summed E-state index contributed by atoms with van der Waals surface area (Å²) in [6.07, 6.45) is 2.42. The van der Waals surface area contributed by atoms with Gasteiger partial charge in [0, 0.05) is 17.6 Å². The van der Waals surface area contributed by atoms with Gasteiger partial charge in [-0.3, -0.25) is 0 Å². The first kappa shape index (κ1) is 16.5. The Balaban J connectivity index is 2.73. The van der Waals surface area contributed by atoms with Crippen molar-refractivity contribution in [2.45, 2.75) is 59.4 Å². The zero-order valence-electron chi connectivity index (χ0n) is 13.0. The summed E-state index contributed by atoms with van der Waals surface area (Å²) in [5.41, 5.74) is 1.74. The fraction of sp³-hybridized carbons (Fsp3) is 0.647. The molecule has 1 nitrogen and oxygen atoms in total. The monoisotopic (exact) mass is 281 g/mol. The quantitative estimate of drug-likeness (QED) is 0.751. The van der Waals surface area contributed by atoms with E-state index in [4.69, 9.17) is 11.6 Å². The lowest BCUT2D eigenvalue weighted by Crippen LogP contribution is -2.28. The van der Waals surface area contributed by atoms with Crippen molar-refractivity contribution in [1.82, 2.24) is 5.32 Å². The van der Waals surface area contributed by atoms with E-state index in [-0.39, 0.29) is 0 Å². The summed E-state index contributed by atoms with van der Waals surface area (Å²) in [6, 6.07) is 8.83. The molecule has 0 radical (unpaired) electrons. The highest BCUT2D eigenvalue weighted by Crippen LogP contribution is 2.29. The van der Waals surface area contributed by atoms with Crippen molar-refractivity contribution in [2.24, 2.45) is 5.41 Å². The van der Waals surface area contributed by atoms with Crippen LogP contribution >= 0.6 is 11.6 Å². The molecule has 0 fully saturated rings. The Morgan fingerprint density at radius 1 is 1.21 bits per heavy atom. The van der Waals surface area contributed by atoms with Gasteiger partial charge >= 0.3 is 0 Å². The fourth-order valence-electron chi connectivity index (χ4n) is 2.13. The molecule has 2 heteroatoms. The molecule has 0 aliphatic heterocycles. The Labute approximate surface area is 123 Å². The van der Waals surface area contributed by atoms with Crippen molar-refractivity contribution in [3.05, 3.63) is 34.9 Å². The molecule has 0 saturated carbocycles. The second-order valence-electron chi connectivity index (χ2n) is 6.91. The van der Waals surface area contributed by atoms with Crippen LogP contribution in [0.25, 0.3) is 0 Å². The Hall–Kier alpha value is -0.530. The molecule has 0 aliphatic rings. The molecule has 0 aliphatic carbocycles. The van der Waals surface area contributed by atoms with E-state index in [2.05, 4.69) is 58.1 Å². The predicted molar refractivity (Wildman–Crippen MR) is 86.0 cm³/mol. The molecule has 0 saturated heterocycles. The highest BCUT2D eigenvalue weighted by molar-refractivity contribution is 6.30. The molecular formula is C17H28ClN. The minimum Gasteiger partial charge on any atom is -0.314 e. The van der Waals surface area contributed by atoms with Crippen LogP contribution in [0.1, 0.15) is 58.9 Å². The lowest BCUT2D eigenvalue weighted by Gasteiger charge is -2.25. The summed E-state index contributed by atoms with van der Waals surface area (Å²) < 4.78 is 0. The summed E-state index contributed by atoms with van der Waals surface area (Å²) in [7, 11) is 0. The van der Waals surface area contributed by atoms with E-state index in [0.717, 1.165) is 11.6 Å². The van der Waals surface area contributed by atoms with E-state index < -0.39 is 0 Å². The Morgan fingerprint density at radius 2 is 1.89 bits per heavy atom. The maximum Gasteiger partial charge on any atom is 0.0408 e. The van der Waals surface area contributed by atoms with E-state index in [1.165, 1.54) is 18.4 Å². The van der Waals surface area contributed by atoms with Crippen LogP contribution in [-0.4, -0.2) is 12.6 Å². The average molecular weight is 282 g/mol. The van der Waals surface area contributed by atoms with Gasteiger partial charge in [-0.1, -0.05) is 58.4 Å². The summed E-state index contributed by atoms with van der Waals surface area (Å²) in [6.45, 7) is 12.3. The number of rotatable bonds is 6. The maximum absolute atomic E-state index is 6.12. The topological polar surface area (TPSA) is 12.0 Å². The van der Waals surface area contributed by atoms with Crippen LogP contribution in [0.5, 0.6) is 0 Å². The highest BCUT2D eigenvalue weighted by Gasteiger charge is 2.17. The molecule has 0 amide bonds. The second kappa shape index (κ2) is 7.31. The van der Waals surface area contributed by atoms with Crippen LogP contribution in [-0.2, 0) is 0 Å². The number of hydrogen-bond acceptors (Lipinski definition) is 1. The van der Waals surface area contributed by atoms with Crippen LogP contribution in [0.15, 0.2) is 24.3 Å². The van der Waals surface area contributed by atoms with E-state index in [1.54, 1.807) is 0 Å². The summed E-state index contributed by atoms with van der Waals surface area (Å²) in [5.74, 6) is 0.542. The first-order chi connectivity index (χ1) is 8.78. The van der Waals surface area contributed by atoms with Gasteiger partial charge < -0.3 is 5.32 Å². The molecular weight excluding hydrogens is 254 g/mol. The van der Waals surface area contributed by atoms with Crippen molar-refractivity contribution in [3.8, 4) is 0 Å². The zero-order valence-corrected chi connectivity index (χ0v) is 13.7. The SMILES string of the molecule is CC(C)NCC(CCC(C)(C)C)c1cccc(Cl)c1. The van der Waals surface area contributed by atoms with Crippen molar-refractivity contribution >= 4 is 11.6 Å². The molecule has 1 unspecified atom stereocenters.